The van der Waals surface area contributed by atoms with E-state index in [1.54, 1.807) is 43.0 Å². The minimum absolute atomic E-state index is 0.298. The van der Waals surface area contributed by atoms with Gasteiger partial charge in [-0.2, -0.15) is 0 Å². The number of thiazole rings is 1. The van der Waals surface area contributed by atoms with Crippen LogP contribution in [0.4, 0.5) is 0 Å². The number of ether oxygens (including phenoxy) is 1. The average Bonchev–Trinajstić information content (AvgIpc) is 3.19. The van der Waals surface area contributed by atoms with Gasteiger partial charge in [0.2, 0.25) is 0 Å². The number of aromatic nitrogens is 2. The summed E-state index contributed by atoms with van der Waals surface area (Å²) in [5.74, 6) is 0.788. The summed E-state index contributed by atoms with van der Waals surface area (Å²) in [6.45, 7) is 0. The van der Waals surface area contributed by atoms with Crippen LogP contribution in [0.5, 0.6) is 5.75 Å². The van der Waals surface area contributed by atoms with Crippen LogP contribution in [0.1, 0.15) is 0 Å². The summed E-state index contributed by atoms with van der Waals surface area (Å²) in [7, 11) is -1.60. The molecule has 0 spiro atoms. The molecule has 146 valence electrons. The molecule has 0 saturated carbocycles. The summed E-state index contributed by atoms with van der Waals surface area (Å²) in [5, 5.41) is 0.877. The smallest absolute Gasteiger partial charge is 0.175 e. The van der Waals surface area contributed by atoms with E-state index in [1.165, 1.54) is 6.26 Å². The molecule has 2 aromatic carbocycles. The molecule has 5 nitrogen and oxygen atoms in total. The Morgan fingerprint density at radius 3 is 2.03 bits per heavy atom. The highest BCUT2D eigenvalue weighted by atomic mass is 32.2. The lowest BCUT2D eigenvalue weighted by atomic mass is 10.1. The highest BCUT2D eigenvalue weighted by Gasteiger charge is 2.17. The Morgan fingerprint density at radius 2 is 1.45 bits per heavy atom. The van der Waals surface area contributed by atoms with Crippen molar-refractivity contribution in [1.82, 2.24) is 9.97 Å². The van der Waals surface area contributed by atoms with Gasteiger partial charge in [0.05, 0.1) is 22.6 Å². The third-order valence-electron chi connectivity index (χ3n) is 4.46. The third-order valence-corrected chi connectivity index (χ3v) is 6.74. The van der Waals surface area contributed by atoms with Crippen LogP contribution in [0.3, 0.4) is 0 Å². The van der Waals surface area contributed by atoms with Crippen LogP contribution in [-0.4, -0.2) is 31.8 Å². The van der Waals surface area contributed by atoms with Gasteiger partial charge in [-0.25, -0.2) is 13.4 Å². The fourth-order valence-electron chi connectivity index (χ4n) is 2.93. The van der Waals surface area contributed by atoms with Crippen molar-refractivity contribution in [2.24, 2.45) is 0 Å². The van der Waals surface area contributed by atoms with Crippen molar-refractivity contribution in [3.63, 3.8) is 0 Å². The number of hydrogen-bond acceptors (Lipinski definition) is 6. The van der Waals surface area contributed by atoms with Gasteiger partial charge in [0.15, 0.2) is 9.84 Å². The first kappa shape index (κ1) is 19.3. The number of benzene rings is 2. The summed E-state index contributed by atoms with van der Waals surface area (Å²) in [6, 6.07) is 18.5. The number of pyridine rings is 1. The molecule has 0 atom stereocenters. The van der Waals surface area contributed by atoms with E-state index in [-0.39, 0.29) is 0 Å². The summed E-state index contributed by atoms with van der Waals surface area (Å²) >= 11 is 1.57. The average molecular weight is 423 g/mol. The Hall–Kier alpha value is -3.03. The van der Waals surface area contributed by atoms with E-state index < -0.39 is 9.84 Å². The fourth-order valence-corrected chi connectivity index (χ4v) is 4.66. The first-order chi connectivity index (χ1) is 14.0. The standard InChI is InChI=1S/C22H18N2O3S2/c1-27-18-7-3-17(4-8-18)22-24-20(15-11-13-23-14-12-15)21(28-22)16-5-9-19(10-6-16)29(2,25)26/h3-14H,1-2H3. The molecule has 29 heavy (non-hydrogen) atoms. The van der Waals surface area contributed by atoms with Crippen molar-refractivity contribution in [3.8, 4) is 38.0 Å². The van der Waals surface area contributed by atoms with Crippen molar-refractivity contribution in [2.75, 3.05) is 13.4 Å². The molecule has 0 fully saturated rings. The Kier molecular flexibility index (Phi) is 5.17. The molecule has 2 heterocycles. The molecule has 0 aliphatic carbocycles. The quantitative estimate of drug-likeness (QED) is 0.455. The second kappa shape index (κ2) is 7.77. The number of rotatable bonds is 5. The number of nitrogens with zero attached hydrogens (tertiary/aromatic N) is 2. The molecule has 7 heteroatoms. The van der Waals surface area contributed by atoms with Crippen LogP contribution >= 0.6 is 11.3 Å². The highest BCUT2D eigenvalue weighted by Crippen LogP contribution is 2.40. The van der Waals surface area contributed by atoms with Gasteiger partial charge in [-0.1, -0.05) is 12.1 Å². The zero-order valence-electron chi connectivity index (χ0n) is 15.9. The van der Waals surface area contributed by atoms with Crippen molar-refractivity contribution < 1.29 is 13.2 Å². The van der Waals surface area contributed by atoms with Gasteiger partial charge in [-0.3, -0.25) is 4.98 Å². The lowest BCUT2D eigenvalue weighted by Gasteiger charge is -2.04. The van der Waals surface area contributed by atoms with E-state index in [0.29, 0.717) is 4.90 Å². The van der Waals surface area contributed by atoms with Crippen LogP contribution in [0.2, 0.25) is 0 Å². The predicted molar refractivity (Wildman–Crippen MR) is 116 cm³/mol. The van der Waals surface area contributed by atoms with Gasteiger partial charge < -0.3 is 4.74 Å². The summed E-state index contributed by atoms with van der Waals surface area (Å²) in [4.78, 5) is 10.2. The largest absolute Gasteiger partial charge is 0.497 e. The second-order valence-corrected chi connectivity index (χ2v) is 9.47. The molecule has 0 aliphatic heterocycles. The number of hydrogen-bond donors (Lipinski definition) is 0. The van der Waals surface area contributed by atoms with Gasteiger partial charge in [0.1, 0.15) is 10.8 Å². The SMILES string of the molecule is COc1ccc(-c2nc(-c3ccncc3)c(-c3ccc(S(C)(=O)=O)cc3)s2)cc1. The van der Waals surface area contributed by atoms with Gasteiger partial charge in [-0.15, -0.1) is 11.3 Å². The van der Waals surface area contributed by atoms with Crippen LogP contribution in [0.15, 0.2) is 78.0 Å². The van der Waals surface area contributed by atoms with Crippen LogP contribution in [-0.2, 0) is 9.84 Å². The van der Waals surface area contributed by atoms with Crippen LogP contribution in [0.25, 0.3) is 32.3 Å². The number of sulfone groups is 1. The Labute approximate surface area is 173 Å². The van der Waals surface area contributed by atoms with Crippen molar-refractivity contribution in [3.05, 3.63) is 73.1 Å². The molecular weight excluding hydrogens is 404 g/mol. The molecule has 4 rings (SSSR count). The van der Waals surface area contributed by atoms with Crippen molar-refractivity contribution in [1.29, 1.82) is 0 Å². The Balaban J connectivity index is 1.84. The molecule has 0 N–H and O–H groups in total. The molecule has 2 aromatic heterocycles. The van der Waals surface area contributed by atoms with E-state index in [4.69, 9.17) is 9.72 Å². The molecule has 0 amide bonds. The lowest BCUT2D eigenvalue weighted by Crippen LogP contribution is -1.96. The van der Waals surface area contributed by atoms with Crippen LogP contribution in [0, 0.1) is 0 Å². The van der Waals surface area contributed by atoms with Gasteiger partial charge in [-0.05, 0) is 54.1 Å². The minimum atomic E-state index is -3.24. The van der Waals surface area contributed by atoms with Crippen LogP contribution < -0.4 is 4.74 Å². The van der Waals surface area contributed by atoms with E-state index in [9.17, 15) is 8.42 Å². The minimum Gasteiger partial charge on any atom is -0.497 e. The Bertz CT molecular complexity index is 1230. The van der Waals surface area contributed by atoms with E-state index in [0.717, 1.165) is 38.0 Å². The van der Waals surface area contributed by atoms with Crippen molar-refractivity contribution in [2.45, 2.75) is 4.90 Å². The van der Waals surface area contributed by atoms with Gasteiger partial charge in [0.25, 0.3) is 0 Å². The second-order valence-electron chi connectivity index (χ2n) is 6.46. The molecule has 0 saturated heterocycles. The monoisotopic (exact) mass is 422 g/mol. The molecule has 4 aromatic rings. The summed E-state index contributed by atoms with van der Waals surface area (Å²) in [6.07, 6.45) is 4.68. The zero-order chi connectivity index (χ0) is 20.4. The first-order valence-electron chi connectivity index (χ1n) is 8.82. The first-order valence-corrected chi connectivity index (χ1v) is 11.5. The number of methoxy groups -OCH3 is 1. The van der Waals surface area contributed by atoms with Crippen molar-refractivity contribution >= 4 is 21.2 Å². The summed E-state index contributed by atoms with van der Waals surface area (Å²) < 4.78 is 28.8. The topological polar surface area (TPSA) is 69.2 Å². The molecule has 0 radical (unpaired) electrons. The van der Waals surface area contributed by atoms with Gasteiger partial charge >= 0.3 is 0 Å². The Morgan fingerprint density at radius 1 is 0.828 bits per heavy atom. The normalized spacial score (nSPS) is 11.4. The van der Waals surface area contributed by atoms with Gasteiger partial charge in [0, 0.05) is 29.8 Å². The predicted octanol–water partition coefficient (Wildman–Crippen LogP) is 4.95. The molecule has 0 unspecified atom stereocenters. The van der Waals surface area contributed by atoms with E-state index >= 15 is 0 Å². The maximum Gasteiger partial charge on any atom is 0.175 e. The van der Waals surface area contributed by atoms with E-state index in [1.807, 2.05) is 48.5 Å². The third kappa shape index (κ3) is 4.06. The van der Waals surface area contributed by atoms with E-state index in [2.05, 4.69) is 4.98 Å². The highest BCUT2D eigenvalue weighted by molar-refractivity contribution is 7.90. The lowest BCUT2D eigenvalue weighted by molar-refractivity contribution is 0.415. The molecule has 0 aliphatic rings. The maximum absolute atomic E-state index is 11.8. The molecule has 0 bridgehead atoms. The maximum atomic E-state index is 11.8. The fraction of sp³-hybridized carbons (Fsp3) is 0.0909. The zero-order valence-corrected chi connectivity index (χ0v) is 17.5. The summed E-state index contributed by atoms with van der Waals surface area (Å²) in [5.41, 5.74) is 3.71. The molecular formula is C22H18N2O3S2.